The number of alkyl carbamates (subject to hydrolysis) is 2. The van der Waals surface area contributed by atoms with E-state index in [0.717, 1.165) is 4.90 Å². The molecule has 0 spiro atoms. The van der Waals surface area contributed by atoms with Gasteiger partial charge in [0.1, 0.15) is 0 Å². The Hall–Kier alpha value is -3.14. The second-order valence-corrected chi connectivity index (χ2v) is 10.6. The van der Waals surface area contributed by atoms with Gasteiger partial charge in [-0.05, 0) is 53.7 Å². The first-order valence-corrected chi connectivity index (χ1v) is 11.2. The average Bonchev–Trinajstić information content (AvgIpc) is 2.90. The molecule has 0 aliphatic carbocycles. The number of carbonyl (C=O) groups is 4. The van der Waals surface area contributed by atoms with Crippen LogP contribution in [0.25, 0.3) is 0 Å². The van der Waals surface area contributed by atoms with Crippen LogP contribution < -0.4 is 16.4 Å². The molecular formula is C24H36N4O6. The summed E-state index contributed by atoms with van der Waals surface area (Å²) in [5.41, 5.74) is 5.14. The molecular weight excluding hydrogens is 440 g/mol. The quantitative estimate of drug-likeness (QED) is 0.490. The Kier molecular flexibility index (Phi) is 8.31. The predicted octanol–water partition coefficient (Wildman–Crippen LogP) is 2.81. The zero-order chi connectivity index (χ0) is 25.7. The third-order valence-corrected chi connectivity index (χ3v) is 4.97. The van der Waals surface area contributed by atoms with Crippen LogP contribution in [0.15, 0.2) is 24.3 Å². The maximum Gasteiger partial charge on any atom is 0.407 e. The van der Waals surface area contributed by atoms with Crippen LogP contribution in [0.2, 0.25) is 0 Å². The zero-order valence-electron chi connectivity index (χ0n) is 20.8. The van der Waals surface area contributed by atoms with Gasteiger partial charge in [0.2, 0.25) is 0 Å². The number of nitrogens with one attached hydrogen (secondary N) is 2. The van der Waals surface area contributed by atoms with Gasteiger partial charge in [0.05, 0.1) is 24.3 Å². The van der Waals surface area contributed by atoms with E-state index < -0.39 is 40.6 Å². The second-order valence-electron chi connectivity index (χ2n) is 10.6. The molecule has 0 saturated heterocycles. The summed E-state index contributed by atoms with van der Waals surface area (Å²) in [5, 5.41) is 5.37. The highest BCUT2D eigenvalue weighted by Gasteiger charge is 2.40. The lowest BCUT2D eigenvalue weighted by Crippen LogP contribution is -2.53. The highest BCUT2D eigenvalue weighted by molar-refractivity contribution is 6.21. The fourth-order valence-electron chi connectivity index (χ4n) is 3.36. The van der Waals surface area contributed by atoms with Crippen LogP contribution in [0.1, 0.15) is 75.1 Å². The van der Waals surface area contributed by atoms with Crippen LogP contribution in [0.4, 0.5) is 9.59 Å². The Balaban J connectivity index is 2.07. The first-order chi connectivity index (χ1) is 15.6. The lowest BCUT2D eigenvalue weighted by Gasteiger charge is -2.33. The molecule has 4 N–H and O–H groups in total. The van der Waals surface area contributed by atoms with E-state index in [1.165, 1.54) is 0 Å². The van der Waals surface area contributed by atoms with Crippen molar-refractivity contribution in [3.8, 4) is 0 Å². The summed E-state index contributed by atoms with van der Waals surface area (Å²) >= 11 is 0. The predicted molar refractivity (Wildman–Crippen MR) is 126 cm³/mol. The smallest absolute Gasteiger partial charge is 0.407 e. The minimum absolute atomic E-state index is 0.0459. The molecule has 0 saturated carbocycles. The topological polar surface area (TPSA) is 140 Å². The van der Waals surface area contributed by atoms with E-state index in [1.54, 1.807) is 24.3 Å². The fraction of sp³-hybridized carbons (Fsp3) is 0.583. The maximum absolute atomic E-state index is 12.8. The van der Waals surface area contributed by atoms with Gasteiger partial charge in [0.15, 0.2) is 0 Å². The largest absolute Gasteiger partial charge is 0.449 e. The molecule has 1 aliphatic heterocycles. The van der Waals surface area contributed by atoms with Crippen LogP contribution in [-0.4, -0.2) is 65.3 Å². The van der Waals surface area contributed by atoms with E-state index in [1.807, 2.05) is 41.5 Å². The molecule has 188 valence electrons. The molecule has 10 heteroatoms. The van der Waals surface area contributed by atoms with Crippen LogP contribution >= 0.6 is 0 Å². The molecule has 10 nitrogen and oxygen atoms in total. The van der Waals surface area contributed by atoms with Crippen molar-refractivity contribution in [1.29, 1.82) is 0 Å². The third-order valence-electron chi connectivity index (χ3n) is 4.97. The monoisotopic (exact) mass is 476 g/mol. The molecule has 0 unspecified atom stereocenters. The Labute approximate surface area is 200 Å². The van der Waals surface area contributed by atoms with Gasteiger partial charge in [-0.1, -0.05) is 12.1 Å². The molecule has 4 amide bonds. The van der Waals surface area contributed by atoms with Gasteiger partial charge in [0.25, 0.3) is 11.8 Å². The van der Waals surface area contributed by atoms with Crippen molar-refractivity contribution in [1.82, 2.24) is 15.5 Å². The van der Waals surface area contributed by atoms with E-state index in [-0.39, 0.29) is 32.6 Å². The molecule has 0 atom stereocenters. The Morgan fingerprint density at radius 1 is 0.824 bits per heavy atom. The minimum Gasteiger partial charge on any atom is -0.449 e. The molecule has 34 heavy (non-hydrogen) atoms. The number of ether oxygens (including phenoxy) is 2. The summed E-state index contributed by atoms with van der Waals surface area (Å²) in [4.78, 5) is 50.8. The molecule has 1 heterocycles. The number of rotatable bonds is 8. The molecule has 1 aromatic rings. The van der Waals surface area contributed by atoms with E-state index in [2.05, 4.69) is 10.6 Å². The first-order valence-electron chi connectivity index (χ1n) is 11.2. The van der Waals surface area contributed by atoms with Gasteiger partial charge in [-0.25, -0.2) is 9.59 Å². The number of imide groups is 1. The molecule has 1 aromatic carbocycles. The molecule has 2 rings (SSSR count). The standard InChI is InChI=1S/C24H36N4O6/c1-22(2,3)26-20(31)33-13-11-24(25,12-14-34-21(32)27-23(4,5)6)15-28-18(29)16-9-7-8-10-17(16)19(28)30/h7-10H,11-15,25H2,1-6H3,(H,26,31)(H,27,32). The molecule has 0 fully saturated rings. The van der Waals surface area contributed by atoms with Crippen molar-refractivity contribution in [2.45, 2.75) is 71.0 Å². The van der Waals surface area contributed by atoms with Gasteiger partial charge in [-0.15, -0.1) is 0 Å². The summed E-state index contributed by atoms with van der Waals surface area (Å²) in [6.45, 7) is 10.7. The van der Waals surface area contributed by atoms with Crippen LogP contribution in [-0.2, 0) is 9.47 Å². The lowest BCUT2D eigenvalue weighted by atomic mass is 9.92. The number of fused-ring (bicyclic) bond motifs is 1. The van der Waals surface area contributed by atoms with Crippen molar-refractivity contribution in [2.75, 3.05) is 19.8 Å². The Morgan fingerprint density at radius 2 is 1.21 bits per heavy atom. The van der Waals surface area contributed by atoms with Crippen molar-refractivity contribution >= 4 is 24.0 Å². The summed E-state index contributed by atoms with van der Waals surface area (Å²) in [6.07, 6.45) is -0.919. The van der Waals surface area contributed by atoms with Gasteiger partial charge in [-0.3, -0.25) is 14.5 Å². The summed E-state index contributed by atoms with van der Waals surface area (Å²) in [7, 11) is 0. The normalized spacial score (nSPS) is 14.0. The molecule has 0 radical (unpaired) electrons. The number of carbonyl (C=O) groups excluding carboxylic acids is 4. The number of hydrogen-bond acceptors (Lipinski definition) is 7. The van der Waals surface area contributed by atoms with Gasteiger partial charge >= 0.3 is 12.2 Å². The Bertz CT molecular complexity index is 863. The molecule has 0 aromatic heterocycles. The van der Waals surface area contributed by atoms with Crippen molar-refractivity contribution in [3.63, 3.8) is 0 Å². The summed E-state index contributed by atoms with van der Waals surface area (Å²) in [6, 6.07) is 6.56. The molecule has 0 bridgehead atoms. The number of hydrogen-bond donors (Lipinski definition) is 3. The van der Waals surface area contributed by atoms with Gasteiger partial charge in [0, 0.05) is 36.0 Å². The van der Waals surface area contributed by atoms with Gasteiger partial charge in [-0.2, -0.15) is 0 Å². The number of nitrogens with zero attached hydrogens (tertiary/aromatic N) is 1. The average molecular weight is 477 g/mol. The maximum atomic E-state index is 12.8. The highest BCUT2D eigenvalue weighted by atomic mass is 16.6. The van der Waals surface area contributed by atoms with E-state index >= 15 is 0 Å². The third kappa shape index (κ3) is 8.02. The van der Waals surface area contributed by atoms with Crippen molar-refractivity contribution < 1.29 is 28.7 Å². The highest BCUT2D eigenvalue weighted by Crippen LogP contribution is 2.26. The number of benzene rings is 1. The van der Waals surface area contributed by atoms with E-state index in [0.29, 0.717) is 11.1 Å². The molecule has 1 aliphatic rings. The SMILES string of the molecule is CC(C)(C)NC(=O)OCCC(N)(CCOC(=O)NC(C)(C)C)CN1C(=O)c2ccccc2C1=O. The van der Waals surface area contributed by atoms with E-state index in [4.69, 9.17) is 15.2 Å². The van der Waals surface area contributed by atoms with Crippen molar-refractivity contribution in [2.24, 2.45) is 5.73 Å². The van der Waals surface area contributed by atoms with Gasteiger partial charge < -0.3 is 25.8 Å². The first kappa shape index (κ1) is 27.1. The lowest BCUT2D eigenvalue weighted by molar-refractivity contribution is 0.0563. The minimum atomic E-state index is -1.16. The van der Waals surface area contributed by atoms with Crippen LogP contribution in [0, 0.1) is 0 Å². The van der Waals surface area contributed by atoms with E-state index in [9.17, 15) is 19.2 Å². The second kappa shape index (κ2) is 10.4. The summed E-state index contributed by atoms with van der Waals surface area (Å²) < 4.78 is 10.5. The fourth-order valence-corrected chi connectivity index (χ4v) is 3.36. The summed E-state index contributed by atoms with van der Waals surface area (Å²) in [5.74, 6) is -0.874. The Morgan fingerprint density at radius 3 is 1.56 bits per heavy atom. The zero-order valence-corrected chi connectivity index (χ0v) is 20.8. The number of nitrogens with two attached hydrogens (primary N) is 1. The van der Waals surface area contributed by atoms with Crippen LogP contribution in [0.3, 0.4) is 0 Å². The number of amides is 4. The van der Waals surface area contributed by atoms with Crippen molar-refractivity contribution in [3.05, 3.63) is 35.4 Å². The van der Waals surface area contributed by atoms with Crippen LogP contribution in [0.5, 0.6) is 0 Å².